The Morgan fingerprint density at radius 1 is 1.37 bits per heavy atom. The Balaban J connectivity index is 2.76. The van der Waals surface area contributed by atoms with Crippen LogP contribution in [0, 0.1) is 5.92 Å². The molecule has 1 aromatic rings. The van der Waals surface area contributed by atoms with Crippen LogP contribution in [-0.4, -0.2) is 32.6 Å². The molecule has 0 heterocycles. The predicted octanol–water partition coefficient (Wildman–Crippen LogP) is 1.66. The Kier molecular flexibility index (Phi) is 6.02. The van der Waals surface area contributed by atoms with Crippen molar-refractivity contribution in [2.24, 2.45) is 5.92 Å². The van der Waals surface area contributed by atoms with E-state index in [0.29, 0.717) is 17.8 Å². The van der Waals surface area contributed by atoms with Crippen molar-refractivity contribution in [3.63, 3.8) is 0 Å². The Hall–Kier alpha value is -1.88. The third-order valence-corrected chi connectivity index (χ3v) is 2.87. The van der Waals surface area contributed by atoms with E-state index >= 15 is 0 Å². The third-order valence-electron chi connectivity index (χ3n) is 2.87. The molecule has 5 nitrogen and oxygen atoms in total. The minimum Gasteiger partial charge on any atom is -0.465 e. The van der Waals surface area contributed by atoms with Gasteiger partial charge in [-0.1, -0.05) is 13.0 Å². The van der Waals surface area contributed by atoms with Crippen LogP contribution in [0.1, 0.15) is 23.7 Å². The standard InChI is InChI=1S/C14H20N2O3/c1-4-10(9-15-2)13(17)16-12-7-5-6-11(8-12)14(18)19-3/h5-8,10,15H,4,9H2,1-3H3,(H,16,17). The van der Waals surface area contributed by atoms with Crippen molar-refractivity contribution in [1.29, 1.82) is 0 Å². The molecule has 0 bridgehead atoms. The highest BCUT2D eigenvalue weighted by Gasteiger charge is 2.16. The first-order valence-electron chi connectivity index (χ1n) is 6.26. The van der Waals surface area contributed by atoms with Crippen LogP contribution in [0.2, 0.25) is 0 Å². The van der Waals surface area contributed by atoms with Gasteiger partial charge in [0.2, 0.25) is 5.91 Å². The molecule has 1 rings (SSSR count). The highest BCUT2D eigenvalue weighted by molar-refractivity contribution is 5.95. The van der Waals surface area contributed by atoms with Gasteiger partial charge in [0.05, 0.1) is 18.6 Å². The van der Waals surface area contributed by atoms with E-state index in [2.05, 4.69) is 15.4 Å². The first kappa shape index (κ1) is 15.2. The van der Waals surface area contributed by atoms with Crippen molar-refractivity contribution in [2.75, 3.05) is 26.0 Å². The summed E-state index contributed by atoms with van der Waals surface area (Å²) in [6, 6.07) is 6.71. The lowest BCUT2D eigenvalue weighted by Crippen LogP contribution is -2.30. The monoisotopic (exact) mass is 264 g/mol. The van der Waals surface area contributed by atoms with Crippen LogP contribution in [0.4, 0.5) is 5.69 Å². The molecule has 0 aromatic heterocycles. The highest BCUT2D eigenvalue weighted by Crippen LogP contribution is 2.13. The summed E-state index contributed by atoms with van der Waals surface area (Å²) < 4.78 is 4.64. The number of anilines is 1. The minimum absolute atomic E-state index is 0.0566. The van der Waals surface area contributed by atoms with Gasteiger partial charge in [0.1, 0.15) is 0 Å². The minimum atomic E-state index is -0.418. The van der Waals surface area contributed by atoms with E-state index in [4.69, 9.17) is 0 Å². The van der Waals surface area contributed by atoms with E-state index in [-0.39, 0.29) is 11.8 Å². The van der Waals surface area contributed by atoms with Crippen LogP contribution in [0.3, 0.4) is 0 Å². The van der Waals surface area contributed by atoms with Gasteiger partial charge in [-0.3, -0.25) is 4.79 Å². The zero-order valence-electron chi connectivity index (χ0n) is 11.5. The van der Waals surface area contributed by atoms with E-state index in [1.54, 1.807) is 24.3 Å². The number of benzene rings is 1. The fourth-order valence-corrected chi connectivity index (χ4v) is 1.75. The second-order valence-electron chi connectivity index (χ2n) is 4.22. The van der Waals surface area contributed by atoms with E-state index in [1.807, 2.05) is 14.0 Å². The van der Waals surface area contributed by atoms with E-state index < -0.39 is 5.97 Å². The number of amides is 1. The molecule has 0 aliphatic carbocycles. The summed E-state index contributed by atoms with van der Waals surface area (Å²) in [7, 11) is 3.14. The van der Waals surface area contributed by atoms with E-state index in [1.165, 1.54) is 7.11 Å². The molecular formula is C14H20N2O3. The maximum atomic E-state index is 12.0. The lowest BCUT2D eigenvalue weighted by atomic mass is 10.1. The number of carbonyl (C=O) groups excluding carboxylic acids is 2. The molecule has 1 unspecified atom stereocenters. The first-order valence-corrected chi connectivity index (χ1v) is 6.26. The van der Waals surface area contributed by atoms with Gasteiger partial charge >= 0.3 is 5.97 Å². The average molecular weight is 264 g/mol. The summed E-state index contributed by atoms with van der Waals surface area (Å²) >= 11 is 0. The highest BCUT2D eigenvalue weighted by atomic mass is 16.5. The molecular weight excluding hydrogens is 244 g/mol. The number of hydrogen-bond donors (Lipinski definition) is 2. The zero-order chi connectivity index (χ0) is 14.3. The number of carbonyl (C=O) groups is 2. The van der Waals surface area contributed by atoms with Crippen LogP contribution < -0.4 is 10.6 Å². The van der Waals surface area contributed by atoms with Gasteiger partial charge in [-0.05, 0) is 31.7 Å². The molecule has 1 atom stereocenters. The number of methoxy groups -OCH3 is 1. The zero-order valence-corrected chi connectivity index (χ0v) is 11.5. The summed E-state index contributed by atoms with van der Waals surface area (Å²) in [6.45, 7) is 2.59. The lowest BCUT2D eigenvalue weighted by molar-refractivity contribution is -0.119. The van der Waals surface area contributed by atoms with Crippen molar-refractivity contribution in [2.45, 2.75) is 13.3 Å². The molecule has 0 radical (unpaired) electrons. The number of nitrogens with one attached hydrogen (secondary N) is 2. The van der Waals surface area contributed by atoms with Crippen LogP contribution in [-0.2, 0) is 9.53 Å². The fourth-order valence-electron chi connectivity index (χ4n) is 1.75. The first-order chi connectivity index (χ1) is 9.12. The van der Waals surface area contributed by atoms with Gasteiger partial charge in [-0.25, -0.2) is 4.79 Å². The molecule has 1 aromatic carbocycles. The van der Waals surface area contributed by atoms with Gasteiger partial charge < -0.3 is 15.4 Å². The van der Waals surface area contributed by atoms with Crippen LogP contribution in [0.15, 0.2) is 24.3 Å². The largest absolute Gasteiger partial charge is 0.465 e. The molecule has 0 fully saturated rings. The summed E-state index contributed by atoms with van der Waals surface area (Å²) in [5, 5.41) is 5.80. The quantitative estimate of drug-likeness (QED) is 0.767. The van der Waals surface area contributed by atoms with Crippen molar-refractivity contribution in [1.82, 2.24) is 5.32 Å². The van der Waals surface area contributed by atoms with Crippen molar-refractivity contribution >= 4 is 17.6 Å². The smallest absolute Gasteiger partial charge is 0.337 e. The second kappa shape index (κ2) is 7.53. The van der Waals surface area contributed by atoms with Gasteiger partial charge in [0.25, 0.3) is 0 Å². The number of rotatable bonds is 6. The molecule has 0 saturated carbocycles. The number of ether oxygens (including phenoxy) is 1. The van der Waals surface area contributed by atoms with Crippen LogP contribution >= 0.6 is 0 Å². The molecule has 0 aliphatic rings. The van der Waals surface area contributed by atoms with Gasteiger partial charge in [0.15, 0.2) is 0 Å². The lowest BCUT2D eigenvalue weighted by Gasteiger charge is -2.14. The molecule has 0 spiro atoms. The molecule has 0 aliphatic heterocycles. The number of esters is 1. The molecule has 5 heteroatoms. The van der Waals surface area contributed by atoms with Crippen molar-refractivity contribution in [3.05, 3.63) is 29.8 Å². The van der Waals surface area contributed by atoms with Crippen molar-refractivity contribution in [3.8, 4) is 0 Å². The fraction of sp³-hybridized carbons (Fsp3) is 0.429. The molecule has 2 N–H and O–H groups in total. The van der Waals surface area contributed by atoms with Gasteiger partial charge in [0, 0.05) is 12.2 Å². The Morgan fingerprint density at radius 2 is 2.11 bits per heavy atom. The normalized spacial score (nSPS) is 11.7. The molecule has 19 heavy (non-hydrogen) atoms. The Bertz CT molecular complexity index is 446. The van der Waals surface area contributed by atoms with Gasteiger partial charge in [-0.15, -0.1) is 0 Å². The Morgan fingerprint density at radius 3 is 2.68 bits per heavy atom. The molecule has 0 saturated heterocycles. The van der Waals surface area contributed by atoms with Crippen LogP contribution in [0.5, 0.6) is 0 Å². The number of hydrogen-bond acceptors (Lipinski definition) is 4. The summed E-state index contributed by atoms with van der Waals surface area (Å²) in [6.07, 6.45) is 0.753. The molecule has 1 amide bonds. The van der Waals surface area contributed by atoms with Gasteiger partial charge in [-0.2, -0.15) is 0 Å². The summed E-state index contributed by atoms with van der Waals surface area (Å²) in [5.41, 5.74) is 1.02. The average Bonchev–Trinajstić information content (AvgIpc) is 2.43. The maximum absolute atomic E-state index is 12.0. The maximum Gasteiger partial charge on any atom is 0.337 e. The third kappa shape index (κ3) is 4.37. The van der Waals surface area contributed by atoms with E-state index in [0.717, 1.165) is 6.42 Å². The van der Waals surface area contributed by atoms with Crippen LogP contribution in [0.25, 0.3) is 0 Å². The SMILES string of the molecule is CCC(CNC)C(=O)Nc1cccc(C(=O)OC)c1. The topological polar surface area (TPSA) is 67.4 Å². The summed E-state index contributed by atoms with van der Waals surface area (Å²) in [5.74, 6) is -0.566. The second-order valence-corrected chi connectivity index (χ2v) is 4.22. The predicted molar refractivity (Wildman–Crippen MR) is 74.1 cm³/mol. The Labute approximate surface area is 113 Å². The summed E-state index contributed by atoms with van der Waals surface area (Å²) in [4.78, 5) is 23.4. The molecule has 104 valence electrons. The van der Waals surface area contributed by atoms with Crippen molar-refractivity contribution < 1.29 is 14.3 Å². The van der Waals surface area contributed by atoms with E-state index in [9.17, 15) is 9.59 Å².